The number of amides is 1. The molecule has 0 aromatic heterocycles. The molecule has 0 aliphatic rings. The van der Waals surface area contributed by atoms with Crippen molar-refractivity contribution in [3.8, 4) is 0 Å². The molecule has 1 aromatic carbocycles. The number of aliphatic hydroxyl groups is 1. The van der Waals surface area contributed by atoms with E-state index in [-0.39, 0.29) is 0 Å². The Morgan fingerprint density at radius 1 is 1.28 bits per heavy atom. The predicted octanol–water partition coefficient (Wildman–Crippen LogP) is 0.649. The van der Waals surface area contributed by atoms with Gasteiger partial charge in [0, 0.05) is 5.69 Å². The lowest BCUT2D eigenvalue weighted by Gasteiger charge is -2.07. The average Bonchev–Trinajstić information content (AvgIpc) is 2.22. The second-order valence-electron chi connectivity index (χ2n) is 4.16. The zero-order chi connectivity index (χ0) is 13.8. The highest BCUT2D eigenvalue weighted by atomic mass is 32.2. The monoisotopic (exact) mass is 271 g/mol. The molecule has 0 aliphatic heterocycles. The minimum absolute atomic E-state index is 0.395. The van der Waals surface area contributed by atoms with Gasteiger partial charge >= 0.3 is 0 Å². The van der Waals surface area contributed by atoms with E-state index in [0.29, 0.717) is 5.69 Å². The van der Waals surface area contributed by atoms with E-state index >= 15 is 0 Å². The van der Waals surface area contributed by atoms with Crippen LogP contribution < -0.4 is 5.32 Å². The van der Waals surface area contributed by atoms with E-state index in [2.05, 4.69) is 5.32 Å². The van der Waals surface area contributed by atoms with Crippen LogP contribution in [0.25, 0.3) is 0 Å². The van der Waals surface area contributed by atoms with Gasteiger partial charge in [0.05, 0.1) is 12.4 Å². The van der Waals surface area contributed by atoms with E-state index in [1.165, 1.54) is 0 Å². The highest BCUT2D eigenvalue weighted by Gasteiger charge is 2.16. The number of rotatable bonds is 5. The van der Waals surface area contributed by atoms with Gasteiger partial charge in [-0.15, -0.1) is 0 Å². The number of benzene rings is 1. The lowest BCUT2D eigenvalue weighted by Crippen LogP contribution is -2.25. The molecule has 0 fully saturated rings. The minimum Gasteiger partial charge on any atom is -0.395 e. The van der Waals surface area contributed by atoms with Gasteiger partial charge in [-0.2, -0.15) is 0 Å². The molecule has 0 aliphatic carbocycles. The first kappa shape index (κ1) is 14.7. The molecule has 0 unspecified atom stereocenters. The van der Waals surface area contributed by atoms with Crippen LogP contribution in [0.5, 0.6) is 0 Å². The number of carbonyl (C=O) groups is 1. The molecule has 2 N–H and O–H groups in total. The zero-order valence-electron chi connectivity index (χ0n) is 10.4. The van der Waals surface area contributed by atoms with E-state index in [1.807, 2.05) is 19.9 Å². The number of hydrogen-bond donors (Lipinski definition) is 2. The van der Waals surface area contributed by atoms with Gasteiger partial charge in [0.25, 0.3) is 0 Å². The van der Waals surface area contributed by atoms with Crippen molar-refractivity contribution < 1.29 is 18.3 Å². The van der Waals surface area contributed by atoms with Crippen molar-refractivity contribution in [3.05, 3.63) is 29.3 Å². The number of sulfone groups is 1. The molecule has 0 spiro atoms. The smallest absolute Gasteiger partial charge is 0.239 e. The summed E-state index contributed by atoms with van der Waals surface area (Å²) >= 11 is 0. The van der Waals surface area contributed by atoms with Crippen LogP contribution in [0.4, 0.5) is 5.69 Å². The van der Waals surface area contributed by atoms with E-state index < -0.39 is 33.9 Å². The van der Waals surface area contributed by atoms with Crippen LogP contribution in [-0.2, 0) is 14.6 Å². The normalized spacial score (nSPS) is 11.3. The number of carbonyl (C=O) groups excluding carboxylic acids is 1. The summed E-state index contributed by atoms with van der Waals surface area (Å²) in [6.45, 7) is 3.39. The Morgan fingerprint density at radius 3 is 2.50 bits per heavy atom. The second-order valence-corrected chi connectivity index (χ2v) is 6.35. The van der Waals surface area contributed by atoms with Crippen LogP contribution in [0.2, 0.25) is 0 Å². The molecule has 0 saturated carbocycles. The Balaban J connectivity index is 2.68. The summed E-state index contributed by atoms with van der Waals surface area (Å²) in [5, 5.41) is 11.1. The van der Waals surface area contributed by atoms with Gasteiger partial charge < -0.3 is 10.4 Å². The third kappa shape index (κ3) is 4.46. The summed E-state index contributed by atoms with van der Waals surface area (Å²) in [6, 6.07) is 5.36. The van der Waals surface area contributed by atoms with Crippen LogP contribution in [0.1, 0.15) is 11.1 Å². The summed E-state index contributed by atoms with van der Waals surface area (Å²) in [4.78, 5) is 11.5. The molecule has 0 bridgehead atoms. The molecule has 0 saturated heterocycles. The minimum atomic E-state index is -3.53. The maximum Gasteiger partial charge on any atom is 0.239 e. The lowest BCUT2D eigenvalue weighted by molar-refractivity contribution is -0.113. The largest absolute Gasteiger partial charge is 0.395 e. The molecule has 6 heteroatoms. The highest BCUT2D eigenvalue weighted by molar-refractivity contribution is 7.92. The van der Waals surface area contributed by atoms with Crippen molar-refractivity contribution in [2.75, 3.05) is 23.4 Å². The van der Waals surface area contributed by atoms with Gasteiger partial charge in [0.1, 0.15) is 5.75 Å². The SMILES string of the molecule is Cc1ccc(NC(=O)CS(=O)(=O)CCO)cc1C. The number of anilines is 1. The Hall–Kier alpha value is -1.40. The van der Waals surface area contributed by atoms with Crippen molar-refractivity contribution in [3.63, 3.8) is 0 Å². The summed E-state index contributed by atoms with van der Waals surface area (Å²) in [5.41, 5.74) is 2.69. The summed E-state index contributed by atoms with van der Waals surface area (Å²) < 4.78 is 22.7. The standard InChI is InChI=1S/C12H17NO4S/c1-9-3-4-11(7-10(9)2)13-12(15)8-18(16,17)6-5-14/h3-4,7,14H,5-6,8H2,1-2H3,(H,13,15). The van der Waals surface area contributed by atoms with E-state index in [4.69, 9.17) is 5.11 Å². The first-order valence-electron chi connectivity index (χ1n) is 5.52. The van der Waals surface area contributed by atoms with Crippen molar-refractivity contribution in [2.45, 2.75) is 13.8 Å². The third-order valence-electron chi connectivity index (χ3n) is 2.54. The van der Waals surface area contributed by atoms with Crippen LogP contribution in [0, 0.1) is 13.8 Å². The fraction of sp³-hybridized carbons (Fsp3) is 0.417. The predicted molar refractivity (Wildman–Crippen MR) is 70.3 cm³/mol. The number of aliphatic hydroxyl groups excluding tert-OH is 1. The number of nitrogens with one attached hydrogen (secondary N) is 1. The van der Waals surface area contributed by atoms with Crippen molar-refractivity contribution in [2.24, 2.45) is 0 Å². The van der Waals surface area contributed by atoms with E-state index in [0.717, 1.165) is 11.1 Å². The van der Waals surface area contributed by atoms with Crippen LogP contribution in [0.3, 0.4) is 0 Å². The molecular weight excluding hydrogens is 254 g/mol. The first-order chi connectivity index (χ1) is 8.34. The average molecular weight is 271 g/mol. The van der Waals surface area contributed by atoms with Crippen molar-refractivity contribution >= 4 is 21.4 Å². The zero-order valence-corrected chi connectivity index (χ0v) is 11.3. The third-order valence-corrected chi connectivity index (χ3v) is 4.05. The second kappa shape index (κ2) is 5.97. The fourth-order valence-electron chi connectivity index (χ4n) is 1.43. The molecule has 0 atom stereocenters. The first-order valence-corrected chi connectivity index (χ1v) is 7.34. The molecule has 18 heavy (non-hydrogen) atoms. The molecule has 1 aromatic rings. The molecular formula is C12H17NO4S. The number of aryl methyl sites for hydroxylation is 2. The van der Waals surface area contributed by atoms with E-state index in [9.17, 15) is 13.2 Å². The van der Waals surface area contributed by atoms with Crippen molar-refractivity contribution in [1.82, 2.24) is 0 Å². The summed E-state index contributed by atoms with van der Waals surface area (Å²) in [5.74, 6) is -1.60. The quantitative estimate of drug-likeness (QED) is 0.823. The Bertz CT molecular complexity index is 537. The Morgan fingerprint density at radius 2 is 1.94 bits per heavy atom. The molecule has 0 radical (unpaired) electrons. The molecule has 1 rings (SSSR count). The van der Waals surface area contributed by atoms with Crippen molar-refractivity contribution in [1.29, 1.82) is 0 Å². The molecule has 100 valence electrons. The van der Waals surface area contributed by atoms with Gasteiger partial charge in [-0.3, -0.25) is 4.79 Å². The number of hydrogen-bond acceptors (Lipinski definition) is 4. The maximum absolute atomic E-state index is 11.5. The highest BCUT2D eigenvalue weighted by Crippen LogP contribution is 2.14. The van der Waals surface area contributed by atoms with E-state index in [1.54, 1.807) is 12.1 Å². The van der Waals surface area contributed by atoms with Gasteiger partial charge in [-0.25, -0.2) is 8.42 Å². The fourth-order valence-corrected chi connectivity index (χ4v) is 2.32. The van der Waals surface area contributed by atoms with Crippen LogP contribution in [0.15, 0.2) is 18.2 Å². The van der Waals surface area contributed by atoms with Gasteiger partial charge in [0.2, 0.25) is 5.91 Å². The Labute approximate surface area is 107 Å². The summed E-state index contributed by atoms with van der Waals surface area (Å²) in [7, 11) is -3.53. The van der Waals surface area contributed by atoms with Crippen LogP contribution >= 0.6 is 0 Å². The van der Waals surface area contributed by atoms with Crippen LogP contribution in [-0.4, -0.2) is 37.5 Å². The Kier molecular flexibility index (Phi) is 4.86. The molecule has 0 heterocycles. The van der Waals surface area contributed by atoms with Gasteiger partial charge in [-0.1, -0.05) is 6.07 Å². The summed E-state index contributed by atoms with van der Waals surface area (Å²) in [6.07, 6.45) is 0. The lowest BCUT2D eigenvalue weighted by atomic mass is 10.1. The molecule has 1 amide bonds. The molecule has 5 nitrogen and oxygen atoms in total. The maximum atomic E-state index is 11.5. The van der Waals surface area contributed by atoms with Gasteiger partial charge in [-0.05, 0) is 37.1 Å². The van der Waals surface area contributed by atoms with Gasteiger partial charge in [0.15, 0.2) is 9.84 Å². The topological polar surface area (TPSA) is 83.5 Å².